The van der Waals surface area contributed by atoms with Crippen LogP contribution < -0.4 is 10.6 Å². The second-order valence-electron chi connectivity index (χ2n) is 12.0. The van der Waals surface area contributed by atoms with E-state index in [2.05, 4.69) is 12.2 Å². The Balaban J connectivity index is 1.45. The third-order valence-corrected chi connectivity index (χ3v) is 10.4. The van der Waals surface area contributed by atoms with Gasteiger partial charge in [0.1, 0.15) is 0 Å². The summed E-state index contributed by atoms with van der Waals surface area (Å²) >= 11 is 0. The lowest BCUT2D eigenvalue weighted by Crippen LogP contribution is -2.66. The van der Waals surface area contributed by atoms with Crippen molar-refractivity contribution >= 4 is 11.8 Å². The van der Waals surface area contributed by atoms with Crippen LogP contribution in [0.3, 0.4) is 0 Å². The highest BCUT2D eigenvalue weighted by molar-refractivity contribution is 5.89. The van der Waals surface area contributed by atoms with Crippen LogP contribution in [-0.2, 0) is 15.1 Å². The molecule has 1 aromatic carbocycles. The Kier molecular flexibility index (Phi) is 6.23. The van der Waals surface area contributed by atoms with Crippen molar-refractivity contribution in [2.45, 2.75) is 76.3 Å². The number of carbonyl (C=O) groups excluding carboxylic acids is 2. The van der Waals surface area contributed by atoms with Gasteiger partial charge in [-0.15, -0.1) is 0 Å². The number of halogens is 6. The number of rotatable bonds is 3. The van der Waals surface area contributed by atoms with Crippen molar-refractivity contribution in [3.8, 4) is 0 Å². The molecule has 4 aliphatic rings. The lowest BCUT2D eigenvalue weighted by atomic mass is 9.48. The van der Waals surface area contributed by atoms with Crippen molar-refractivity contribution in [1.29, 1.82) is 0 Å². The van der Waals surface area contributed by atoms with Gasteiger partial charge in [0, 0.05) is 17.4 Å². The smallest absolute Gasteiger partial charge is 0.349 e. The molecule has 4 nitrogen and oxygen atoms in total. The van der Waals surface area contributed by atoms with Crippen LogP contribution in [0.25, 0.3) is 0 Å². The van der Waals surface area contributed by atoms with Crippen molar-refractivity contribution in [2.24, 2.45) is 34.5 Å². The third-order valence-electron chi connectivity index (χ3n) is 10.4. The van der Waals surface area contributed by atoms with Gasteiger partial charge >= 0.3 is 12.4 Å². The largest absolute Gasteiger partial charge is 0.424 e. The third kappa shape index (κ3) is 3.79. The minimum atomic E-state index is -5.80. The molecule has 0 aromatic heterocycles. The predicted octanol–water partition coefficient (Wildman–Crippen LogP) is 6.04. The maximum absolute atomic E-state index is 14.3. The monoisotopic (exact) mass is 542 g/mol. The van der Waals surface area contributed by atoms with E-state index in [4.69, 9.17) is 0 Å². The van der Waals surface area contributed by atoms with Gasteiger partial charge in [-0.1, -0.05) is 50.3 Å². The van der Waals surface area contributed by atoms with Gasteiger partial charge in [-0.2, -0.15) is 26.3 Å². The summed E-state index contributed by atoms with van der Waals surface area (Å²) in [6.45, 7) is 3.98. The van der Waals surface area contributed by atoms with Gasteiger partial charge in [-0.05, 0) is 73.3 Å². The zero-order valence-electron chi connectivity index (χ0n) is 21.3. The Morgan fingerprint density at radius 2 is 1.58 bits per heavy atom. The van der Waals surface area contributed by atoms with Gasteiger partial charge < -0.3 is 10.6 Å². The molecule has 3 fully saturated rings. The van der Waals surface area contributed by atoms with Crippen LogP contribution in [0.15, 0.2) is 42.5 Å². The fourth-order valence-corrected chi connectivity index (χ4v) is 8.43. The average molecular weight is 543 g/mol. The minimum absolute atomic E-state index is 0.00343. The molecule has 1 heterocycles. The van der Waals surface area contributed by atoms with Gasteiger partial charge in [0.25, 0.3) is 5.54 Å². The first-order chi connectivity index (χ1) is 17.6. The molecule has 2 amide bonds. The number of benzene rings is 1. The molecule has 208 valence electrons. The van der Waals surface area contributed by atoms with E-state index in [-0.39, 0.29) is 41.5 Å². The van der Waals surface area contributed by atoms with Crippen LogP contribution in [0.2, 0.25) is 0 Å². The number of fused-ring (bicyclic) bond motifs is 5. The minimum Gasteiger partial charge on any atom is -0.349 e. The molecule has 3 saturated carbocycles. The second kappa shape index (κ2) is 8.74. The number of carbonyl (C=O) groups is 2. The normalized spacial score (nSPS) is 37.1. The first-order valence-electron chi connectivity index (χ1n) is 13.2. The van der Waals surface area contributed by atoms with Crippen molar-refractivity contribution in [1.82, 2.24) is 10.6 Å². The predicted molar refractivity (Wildman–Crippen MR) is 127 cm³/mol. The fraction of sp³-hybridized carbons (Fsp3) is 0.643. The molecule has 0 spiro atoms. The summed E-state index contributed by atoms with van der Waals surface area (Å²) in [5, 5.41) is 4.56. The van der Waals surface area contributed by atoms with Gasteiger partial charge in [0.05, 0.1) is 0 Å². The summed E-state index contributed by atoms with van der Waals surface area (Å²) in [6.07, 6.45) is -4.51. The lowest BCUT2D eigenvalue weighted by Gasteiger charge is -2.58. The van der Waals surface area contributed by atoms with Crippen molar-refractivity contribution in [3.05, 3.63) is 48.0 Å². The molecule has 0 saturated heterocycles. The molecule has 1 aliphatic heterocycles. The van der Waals surface area contributed by atoms with Crippen LogP contribution in [-0.4, -0.2) is 30.2 Å². The molecule has 2 N–H and O–H groups in total. The number of nitrogens with one attached hydrogen (secondary N) is 2. The fourth-order valence-electron chi connectivity index (χ4n) is 8.43. The molecule has 3 unspecified atom stereocenters. The highest BCUT2D eigenvalue weighted by Gasteiger charge is 2.73. The summed E-state index contributed by atoms with van der Waals surface area (Å²) in [6, 6.07) is 5.02. The number of alkyl halides is 6. The quantitative estimate of drug-likeness (QED) is 0.458. The van der Waals surface area contributed by atoms with Gasteiger partial charge in [-0.3, -0.25) is 9.59 Å². The Labute approximate surface area is 217 Å². The second-order valence-corrected chi connectivity index (χ2v) is 12.0. The molecular formula is C28H32F6N2O2. The zero-order chi connectivity index (χ0) is 27.7. The molecule has 3 aliphatic carbocycles. The van der Waals surface area contributed by atoms with Crippen molar-refractivity contribution in [3.63, 3.8) is 0 Å². The van der Waals surface area contributed by atoms with Crippen LogP contribution in [0.4, 0.5) is 26.3 Å². The van der Waals surface area contributed by atoms with Crippen LogP contribution in [0.5, 0.6) is 0 Å². The number of amides is 2. The SMILES string of the molecule is C[C@]12CCC3C(CC[C@H]4NC(=O)C=C[C@]34C)C1CC[C@@H]2C(=O)NC(c1ccccc1)(C(F)(F)F)C(F)(F)F. The molecular weight excluding hydrogens is 510 g/mol. The lowest BCUT2D eigenvalue weighted by molar-refractivity contribution is -0.312. The average Bonchev–Trinajstić information content (AvgIpc) is 3.19. The van der Waals surface area contributed by atoms with E-state index in [1.165, 1.54) is 11.4 Å². The summed E-state index contributed by atoms with van der Waals surface area (Å²) in [4.78, 5) is 25.4. The first kappa shape index (κ1) is 27.1. The summed E-state index contributed by atoms with van der Waals surface area (Å²) in [7, 11) is 0. The first-order valence-corrected chi connectivity index (χ1v) is 13.2. The highest BCUT2D eigenvalue weighted by atomic mass is 19.4. The molecule has 1 aromatic rings. The number of hydrogen-bond donors (Lipinski definition) is 2. The Morgan fingerprint density at radius 1 is 0.921 bits per heavy atom. The van der Waals surface area contributed by atoms with E-state index in [1.54, 1.807) is 6.08 Å². The summed E-state index contributed by atoms with van der Waals surface area (Å²) < 4.78 is 85.9. The van der Waals surface area contributed by atoms with Crippen LogP contribution >= 0.6 is 0 Å². The molecule has 5 rings (SSSR count). The van der Waals surface area contributed by atoms with E-state index in [9.17, 15) is 35.9 Å². The molecule has 7 atom stereocenters. The maximum Gasteiger partial charge on any atom is 0.424 e. The van der Waals surface area contributed by atoms with Gasteiger partial charge in [0.15, 0.2) is 0 Å². The molecule has 10 heteroatoms. The standard InChI is InChI=1S/C28H32F6N2O2/c1-24-14-12-19-17(8-11-21-25(19,2)15-13-22(37)35-21)18(24)9-10-20(24)23(38)36-26(27(29,30)31,28(32,33)34)16-6-4-3-5-7-16/h3-7,13,15,17-21H,8-12,14H2,1-2H3,(H,35,37)(H,36,38)/t17?,18?,19?,20-,21-,24+,25-/m1/s1. The Morgan fingerprint density at radius 3 is 2.21 bits per heavy atom. The van der Waals surface area contributed by atoms with E-state index >= 15 is 0 Å². The van der Waals surface area contributed by atoms with E-state index in [1.807, 2.05) is 13.0 Å². The Bertz CT molecular complexity index is 1120. The van der Waals surface area contributed by atoms with Crippen molar-refractivity contribution in [2.75, 3.05) is 0 Å². The van der Waals surface area contributed by atoms with Crippen molar-refractivity contribution < 1.29 is 35.9 Å². The summed E-state index contributed by atoms with van der Waals surface area (Å²) in [5.41, 5.74) is -6.54. The highest BCUT2D eigenvalue weighted by Crippen LogP contribution is 2.65. The number of hydrogen-bond acceptors (Lipinski definition) is 2. The summed E-state index contributed by atoms with van der Waals surface area (Å²) in [5.74, 6) is -1.89. The molecule has 0 bridgehead atoms. The van der Waals surface area contributed by atoms with E-state index in [0.29, 0.717) is 19.3 Å². The van der Waals surface area contributed by atoms with Gasteiger partial charge in [-0.25, -0.2) is 0 Å². The Hall–Kier alpha value is -2.52. The maximum atomic E-state index is 14.3. The van der Waals surface area contributed by atoms with Crippen LogP contribution in [0, 0.1) is 34.5 Å². The topological polar surface area (TPSA) is 58.2 Å². The molecule has 38 heavy (non-hydrogen) atoms. The van der Waals surface area contributed by atoms with Crippen LogP contribution in [0.1, 0.15) is 57.9 Å². The molecule has 0 radical (unpaired) electrons. The van der Waals surface area contributed by atoms with E-state index < -0.39 is 40.7 Å². The zero-order valence-corrected chi connectivity index (χ0v) is 21.3. The van der Waals surface area contributed by atoms with Gasteiger partial charge in [0.2, 0.25) is 11.8 Å². The van der Waals surface area contributed by atoms with E-state index in [0.717, 1.165) is 37.1 Å².